The zero-order valence-corrected chi connectivity index (χ0v) is 11.3. The number of rotatable bonds is 6. The fraction of sp³-hybridized carbons (Fsp3) is 0.500. The summed E-state index contributed by atoms with van der Waals surface area (Å²) in [5.41, 5.74) is 2.26. The molecule has 18 heavy (non-hydrogen) atoms. The maximum atomic E-state index is 5.57. The molecule has 0 unspecified atom stereocenters. The SMILES string of the molecule is CCCn1nccc1-c1ccoc1CNC(C)C. The Labute approximate surface area is 108 Å². The lowest BCUT2D eigenvalue weighted by atomic mass is 10.1. The quantitative estimate of drug-likeness (QED) is 0.853. The monoisotopic (exact) mass is 247 g/mol. The van der Waals surface area contributed by atoms with Crippen LogP contribution in [-0.2, 0) is 13.1 Å². The Morgan fingerprint density at radius 2 is 2.22 bits per heavy atom. The molecule has 0 spiro atoms. The largest absolute Gasteiger partial charge is 0.467 e. The molecule has 0 aliphatic rings. The van der Waals surface area contributed by atoms with Gasteiger partial charge in [-0.3, -0.25) is 4.68 Å². The van der Waals surface area contributed by atoms with Crippen LogP contribution in [-0.4, -0.2) is 15.8 Å². The van der Waals surface area contributed by atoms with Gasteiger partial charge in [0, 0.05) is 24.3 Å². The summed E-state index contributed by atoms with van der Waals surface area (Å²) < 4.78 is 7.60. The Morgan fingerprint density at radius 1 is 1.39 bits per heavy atom. The van der Waals surface area contributed by atoms with Gasteiger partial charge in [-0.25, -0.2) is 0 Å². The second-order valence-electron chi connectivity index (χ2n) is 4.73. The molecule has 4 nitrogen and oxygen atoms in total. The van der Waals surface area contributed by atoms with Crippen LogP contribution in [0, 0.1) is 0 Å². The van der Waals surface area contributed by atoms with Crippen molar-refractivity contribution < 1.29 is 4.42 Å². The van der Waals surface area contributed by atoms with Gasteiger partial charge in [0.2, 0.25) is 0 Å². The first-order valence-corrected chi connectivity index (χ1v) is 6.54. The van der Waals surface area contributed by atoms with Crippen molar-refractivity contribution in [2.75, 3.05) is 0 Å². The van der Waals surface area contributed by atoms with Gasteiger partial charge in [0.05, 0.1) is 18.5 Å². The zero-order valence-electron chi connectivity index (χ0n) is 11.3. The van der Waals surface area contributed by atoms with Gasteiger partial charge >= 0.3 is 0 Å². The first-order valence-electron chi connectivity index (χ1n) is 6.54. The highest BCUT2D eigenvalue weighted by Gasteiger charge is 2.12. The third-order valence-corrected chi connectivity index (χ3v) is 2.84. The molecular weight excluding hydrogens is 226 g/mol. The first-order chi connectivity index (χ1) is 8.72. The fourth-order valence-electron chi connectivity index (χ4n) is 1.95. The van der Waals surface area contributed by atoms with E-state index < -0.39 is 0 Å². The summed E-state index contributed by atoms with van der Waals surface area (Å²) >= 11 is 0. The number of aromatic nitrogens is 2. The molecule has 0 saturated carbocycles. The van der Waals surface area contributed by atoms with Crippen molar-refractivity contribution in [1.82, 2.24) is 15.1 Å². The fourth-order valence-corrected chi connectivity index (χ4v) is 1.95. The molecule has 1 N–H and O–H groups in total. The van der Waals surface area contributed by atoms with Crippen molar-refractivity contribution in [3.63, 3.8) is 0 Å². The van der Waals surface area contributed by atoms with E-state index in [0.29, 0.717) is 6.04 Å². The first kappa shape index (κ1) is 12.9. The van der Waals surface area contributed by atoms with Gasteiger partial charge < -0.3 is 9.73 Å². The molecule has 0 atom stereocenters. The van der Waals surface area contributed by atoms with E-state index in [0.717, 1.165) is 36.5 Å². The Bertz CT molecular complexity index is 485. The van der Waals surface area contributed by atoms with Crippen molar-refractivity contribution in [2.45, 2.75) is 46.3 Å². The van der Waals surface area contributed by atoms with Crippen molar-refractivity contribution in [3.05, 3.63) is 30.4 Å². The van der Waals surface area contributed by atoms with Crippen LogP contribution in [0.2, 0.25) is 0 Å². The van der Waals surface area contributed by atoms with E-state index in [4.69, 9.17) is 4.42 Å². The molecule has 0 aromatic carbocycles. The Hall–Kier alpha value is -1.55. The van der Waals surface area contributed by atoms with E-state index in [1.165, 1.54) is 0 Å². The van der Waals surface area contributed by atoms with Crippen LogP contribution in [0.15, 0.2) is 29.0 Å². The second-order valence-corrected chi connectivity index (χ2v) is 4.73. The highest BCUT2D eigenvalue weighted by molar-refractivity contribution is 5.61. The molecule has 4 heteroatoms. The Balaban J connectivity index is 2.22. The molecule has 0 aliphatic carbocycles. The molecule has 2 heterocycles. The summed E-state index contributed by atoms with van der Waals surface area (Å²) in [6.07, 6.45) is 4.67. The third kappa shape index (κ3) is 2.82. The molecule has 0 fully saturated rings. The normalized spacial score (nSPS) is 11.3. The van der Waals surface area contributed by atoms with Crippen molar-refractivity contribution in [1.29, 1.82) is 0 Å². The lowest BCUT2D eigenvalue weighted by Crippen LogP contribution is -2.21. The van der Waals surface area contributed by atoms with Gasteiger partial charge in [0.25, 0.3) is 0 Å². The maximum Gasteiger partial charge on any atom is 0.126 e. The van der Waals surface area contributed by atoms with Gasteiger partial charge in [-0.1, -0.05) is 20.8 Å². The minimum atomic E-state index is 0.448. The number of hydrogen-bond donors (Lipinski definition) is 1. The molecule has 2 aromatic rings. The maximum absolute atomic E-state index is 5.57. The number of aryl methyl sites for hydroxylation is 1. The van der Waals surface area contributed by atoms with Crippen molar-refractivity contribution >= 4 is 0 Å². The Morgan fingerprint density at radius 3 is 2.94 bits per heavy atom. The van der Waals surface area contributed by atoms with Crippen LogP contribution < -0.4 is 5.32 Å². The van der Waals surface area contributed by atoms with Crippen LogP contribution >= 0.6 is 0 Å². The third-order valence-electron chi connectivity index (χ3n) is 2.84. The van der Waals surface area contributed by atoms with E-state index in [2.05, 4.69) is 31.2 Å². The van der Waals surface area contributed by atoms with Gasteiger partial charge in [-0.05, 0) is 18.6 Å². The summed E-state index contributed by atoms with van der Waals surface area (Å²) in [6, 6.07) is 4.50. The standard InChI is InChI=1S/C14H21N3O/c1-4-8-17-13(5-7-16-17)12-6-9-18-14(12)10-15-11(2)3/h5-7,9,11,15H,4,8,10H2,1-3H3. The van der Waals surface area contributed by atoms with E-state index in [9.17, 15) is 0 Å². The van der Waals surface area contributed by atoms with E-state index in [1.54, 1.807) is 6.26 Å². The molecule has 0 saturated heterocycles. The van der Waals surface area contributed by atoms with Gasteiger partial charge in [-0.2, -0.15) is 5.10 Å². The molecule has 0 bridgehead atoms. The van der Waals surface area contributed by atoms with Crippen molar-refractivity contribution in [3.8, 4) is 11.3 Å². The van der Waals surface area contributed by atoms with E-state index in [-0.39, 0.29) is 0 Å². The van der Waals surface area contributed by atoms with Crippen LogP contribution in [0.1, 0.15) is 33.0 Å². The van der Waals surface area contributed by atoms with Crippen molar-refractivity contribution in [2.24, 2.45) is 0 Å². The molecule has 2 aromatic heterocycles. The highest BCUT2D eigenvalue weighted by atomic mass is 16.3. The van der Waals surface area contributed by atoms with Crippen LogP contribution in [0.4, 0.5) is 0 Å². The molecule has 0 amide bonds. The average Bonchev–Trinajstić information content (AvgIpc) is 2.94. The molecule has 0 radical (unpaired) electrons. The summed E-state index contributed by atoms with van der Waals surface area (Å²) in [6.45, 7) is 8.10. The number of nitrogens with zero attached hydrogens (tertiary/aromatic N) is 2. The predicted octanol–water partition coefficient (Wildman–Crippen LogP) is 3.05. The number of hydrogen-bond acceptors (Lipinski definition) is 3. The van der Waals surface area contributed by atoms with Crippen LogP contribution in [0.3, 0.4) is 0 Å². The van der Waals surface area contributed by atoms with Crippen LogP contribution in [0.25, 0.3) is 11.3 Å². The van der Waals surface area contributed by atoms with Gasteiger partial charge in [0.15, 0.2) is 0 Å². The van der Waals surface area contributed by atoms with Crippen LogP contribution in [0.5, 0.6) is 0 Å². The zero-order chi connectivity index (χ0) is 13.0. The Kier molecular flexibility index (Phi) is 4.20. The summed E-state index contributed by atoms with van der Waals surface area (Å²) in [7, 11) is 0. The summed E-state index contributed by atoms with van der Waals surface area (Å²) in [5.74, 6) is 0.974. The molecule has 2 rings (SSSR count). The second kappa shape index (κ2) is 5.87. The average molecular weight is 247 g/mol. The molecule has 98 valence electrons. The summed E-state index contributed by atoms with van der Waals surface area (Å²) in [4.78, 5) is 0. The molecule has 0 aliphatic heterocycles. The number of furan rings is 1. The predicted molar refractivity (Wildman–Crippen MR) is 72.2 cm³/mol. The van der Waals surface area contributed by atoms with Gasteiger partial charge in [0.1, 0.15) is 5.76 Å². The minimum absolute atomic E-state index is 0.448. The molecular formula is C14H21N3O. The van der Waals surface area contributed by atoms with E-state index in [1.807, 2.05) is 23.0 Å². The topological polar surface area (TPSA) is 43.0 Å². The minimum Gasteiger partial charge on any atom is -0.467 e. The lowest BCUT2D eigenvalue weighted by molar-refractivity contribution is 0.465. The number of nitrogens with one attached hydrogen (secondary N) is 1. The van der Waals surface area contributed by atoms with E-state index >= 15 is 0 Å². The lowest BCUT2D eigenvalue weighted by Gasteiger charge is -2.09. The smallest absolute Gasteiger partial charge is 0.126 e. The summed E-state index contributed by atoms with van der Waals surface area (Å²) in [5, 5.41) is 7.73. The van der Waals surface area contributed by atoms with Gasteiger partial charge in [-0.15, -0.1) is 0 Å². The highest BCUT2D eigenvalue weighted by Crippen LogP contribution is 2.24.